The molecule has 2 aromatic rings. The van der Waals surface area contributed by atoms with E-state index in [1.807, 2.05) is 24.3 Å². The van der Waals surface area contributed by atoms with Gasteiger partial charge in [-0.15, -0.1) is 0 Å². The maximum absolute atomic E-state index is 8.56. The van der Waals surface area contributed by atoms with Gasteiger partial charge in [0.15, 0.2) is 5.69 Å². The summed E-state index contributed by atoms with van der Waals surface area (Å²) in [5.41, 5.74) is 1.21. The number of nitriles is 1. The molecule has 2 rings (SSSR count). The van der Waals surface area contributed by atoms with Gasteiger partial charge >= 0.3 is 0 Å². The Morgan fingerprint density at radius 1 is 1.29 bits per heavy atom. The van der Waals surface area contributed by atoms with Crippen molar-refractivity contribution in [3.05, 3.63) is 52.9 Å². The first-order valence-corrected chi connectivity index (χ1v) is 5.25. The molecule has 0 spiro atoms. The van der Waals surface area contributed by atoms with E-state index in [1.54, 1.807) is 6.07 Å². The lowest BCUT2D eigenvalue weighted by atomic mass is 10.2. The van der Waals surface area contributed by atoms with Crippen molar-refractivity contribution in [1.82, 2.24) is 9.97 Å². The third-order valence-corrected chi connectivity index (χ3v) is 2.25. The minimum Gasteiger partial charge on any atom is -0.472 e. The number of rotatable bonds is 3. The van der Waals surface area contributed by atoms with Crippen LogP contribution in [0.15, 0.2) is 36.7 Å². The van der Waals surface area contributed by atoms with E-state index in [0.717, 1.165) is 5.56 Å². The fourth-order valence-electron chi connectivity index (χ4n) is 1.23. The zero-order chi connectivity index (χ0) is 12.1. The van der Waals surface area contributed by atoms with Crippen LogP contribution in [0.4, 0.5) is 0 Å². The predicted octanol–water partition coefficient (Wildman–Crippen LogP) is 2.58. The lowest BCUT2D eigenvalue weighted by Crippen LogP contribution is -1.98. The summed E-state index contributed by atoms with van der Waals surface area (Å²) in [5.74, 6) is 0.379. The highest BCUT2D eigenvalue weighted by molar-refractivity contribution is 6.30. The first-order chi connectivity index (χ1) is 8.28. The van der Waals surface area contributed by atoms with Crippen molar-refractivity contribution in [2.75, 3.05) is 0 Å². The number of ether oxygens (including phenoxy) is 1. The first kappa shape index (κ1) is 11.4. The van der Waals surface area contributed by atoms with E-state index in [1.165, 1.54) is 12.4 Å². The Balaban J connectivity index is 2.00. The molecule has 0 unspecified atom stereocenters. The molecule has 1 aromatic carbocycles. The standard InChI is InChI=1S/C12H8ClN3O/c13-10-3-1-2-9(4-10)8-17-12-7-15-11(5-14)6-16-12/h1-4,6-7H,8H2. The number of halogens is 1. The highest BCUT2D eigenvalue weighted by Gasteiger charge is 1.99. The molecule has 0 aliphatic heterocycles. The van der Waals surface area contributed by atoms with Crippen LogP contribution in [-0.4, -0.2) is 9.97 Å². The highest BCUT2D eigenvalue weighted by atomic mass is 35.5. The van der Waals surface area contributed by atoms with Crippen molar-refractivity contribution in [1.29, 1.82) is 5.26 Å². The molecule has 0 aliphatic carbocycles. The molecular weight excluding hydrogens is 238 g/mol. The monoisotopic (exact) mass is 245 g/mol. The fourth-order valence-corrected chi connectivity index (χ4v) is 1.45. The van der Waals surface area contributed by atoms with Crippen LogP contribution >= 0.6 is 11.6 Å². The van der Waals surface area contributed by atoms with Crippen molar-refractivity contribution in [2.45, 2.75) is 6.61 Å². The van der Waals surface area contributed by atoms with Crippen LogP contribution in [0.2, 0.25) is 5.02 Å². The summed E-state index contributed by atoms with van der Waals surface area (Å²) in [6.07, 6.45) is 2.79. The van der Waals surface area contributed by atoms with Gasteiger partial charge in [0.25, 0.3) is 0 Å². The van der Waals surface area contributed by atoms with E-state index in [9.17, 15) is 0 Å². The zero-order valence-electron chi connectivity index (χ0n) is 8.80. The fraction of sp³-hybridized carbons (Fsp3) is 0.0833. The van der Waals surface area contributed by atoms with Crippen molar-refractivity contribution in [3.8, 4) is 11.9 Å². The normalized spacial score (nSPS) is 9.65. The van der Waals surface area contributed by atoms with Gasteiger partial charge in [0.05, 0.1) is 12.4 Å². The van der Waals surface area contributed by atoms with Gasteiger partial charge in [-0.2, -0.15) is 5.26 Å². The maximum atomic E-state index is 8.56. The molecule has 84 valence electrons. The second-order valence-electron chi connectivity index (χ2n) is 3.27. The lowest BCUT2D eigenvalue weighted by molar-refractivity contribution is 0.292. The summed E-state index contributed by atoms with van der Waals surface area (Å²) < 4.78 is 5.40. The van der Waals surface area contributed by atoms with E-state index in [4.69, 9.17) is 21.6 Å². The third kappa shape index (κ3) is 3.16. The van der Waals surface area contributed by atoms with E-state index in [-0.39, 0.29) is 5.69 Å². The van der Waals surface area contributed by atoms with Crippen LogP contribution in [0.1, 0.15) is 11.3 Å². The Kier molecular flexibility index (Phi) is 3.53. The molecule has 17 heavy (non-hydrogen) atoms. The van der Waals surface area contributed by atoms with E-state index in [0.29, 0.717) is 17.5 Å². The highest BCUT2D eigenvalue weighted by Crippen LogP contribution is 2.13. The molecular formula is C12H8ClN3O. The molecule has 4 nitrogen and oxygen atoms in total. The summed E-state index contributed by atoms with van der Waals surface area (Å²) in [4.78, 5) is 7.80. The van der Waals surface area contributed by atoms with Crippen LogP contribution in [0.25, 0.3) is 0 Å². The number of nitrogens with zero attached hydrogens (tertiary/aromatic N) is 3. The summed E-state index contributed by atoms with van der Waals surface area (Å²) in [6, 6.07) is 9.26. The molecule has 5 heteroatoms. The Bertz CT molecular complexity index is 548. The number of hydrogen-bond acceptors (Lipinski definition) is 4. The first-order valence-electron chi connectivity index (χ1n) is 4.87. The van der Waals surface area contributed by atoms with Gasteiger partial charge in [-0.25, -0.2) is 9.97 Å². The van der Waals surface area contributed by atoms with Crippen LogP contribution in [0.3, 0.4) is 0 Å². The second-order valence-corrected chi connectivity index (χ2v) is 3.71. The Labute approximate surface area is 103 Å². The van der Waals surface area contributed by atoms with Crippen LogP contribution in [0, 0.1) is 11.3 Å². The average Bonchev–Trinajstić information content (AvgIpc) is 2.37. The summed E-state index contributed by atoms with van der Waals surface area (Å²) in [7, 11) is 0. The Morgan fingerprint density at radius 2 is 2.18 bits per heavy atom. The molecule has 1 heterocycles. The molecule has 0 radical (unpaired) electrons. The van der Waals surface area contributed by atoms with E-state index in [2.05, 4.69) is 9.97 Å². The van der Waals surface area contributed by atoms with E-state index >= 15 is 0 Å². The maximum Gasteiger partial charge on any atom is 0.232 e. The van der Waals surface area contributed by atoms with Crippen LogP contribution in [-0.2, 0) is 6.61 Å². The van der Waals surface area contributed by atoms with Gasteiger partial charge in [0.2, 0.25) is 5.88 Å². The number of aromatic nitrogens is 2. The van der Waals surface area contributed by atoms with Crippen molar-refractivity contribution >= 4 is 11.6 Å². The van der Waals surface area contributed by atoms with E-state index < -0.39 is 0 Å². The molecule has 1 aromatic heterocycles. The number of benzene rings is 1. The average molecular weight is 246 g/mol. The molecule has 0 N–H and O–H groups in total. The van der Waals surface area contributed by atoms with Crippen molar-refractivity contribution < 1.29 is 4.74 Å². The minimum absolute atomic E-state index is 0.264. The lowest BCUT2D eigenvalue weighted by Gasteiger charge is -2.04. The van der Waals surface area contributed by atoms with Crippen molar-refractivity contribution in [2.24, 2.45) is 0 Å². The van der Waals surface area contributed by atoms with Crippen LogP contribution in [0.5, 0.6) is 5.88 Å². The summed E-state index contributed by atoms with van der Waals surface area (Å²) in [6.45, 7) is 0.362. The predicted molar refractivity (Wildman–Crippen MR) is 62.5 cm³/mol. The van der Waals surface area contributed by atoms with Crippen LogP contribution < -0.4 is 4.74 Å². The van der Waals surface area contributed by atoms with Gasteiger partial charge < -0.3 is 4.74 Å². The van der Waals surface area contributed by atoms with Gasteiger partial charge in [-0.05, 0) is 17.7 Å². The largest absolute Gasteiger partial charge is 0.472 e. The van der Waals surface area contributed by atoms with Crippen molar-refractivity contribution in [3.63, 3.8) is 0 Å². The molecule has 0 saturated heterocycles. The third-order valence-electron chi connectivity index (χ3n) is 2.02. The van der Waals surface area contributed by atoms with Gasteiger partial charge in [-0.3, -0.25) is 0 Å². The summed E-state index contributed by atoms with van der Waals surface area (Å²) in [5, 5.41) is 9.22. The molecule has 0 fully saturated rings. The zero-order valence-corrected chi connectivity index (χ0v) is 9.55. The molecule has 0 bridgehead atoms. The number of hydrogen-bond donors (Lipinski definition) is 0. The Hall–Kier alpha value is -2.12. The SMILES string of the molecule is N#Cc1cnc(OCc2cccc(Cl)c2)cn1. The summed E-state index contributed by atoms with van der Waals surface area (Å²) >= 11 is 5.85. The molecule has 0 aliphatic rings. The van der Waals surface area contributed by atoms with Gasteiger partial charge in [-0.1, -0.05) is 23.7 Å². The topological polar surface area (TPSA) is 58.8 Å². The second kappa shape index (κ2) is 5.28. The Morgan fingerprint density at radius 3 is 2.82 bits per heavy atom. The smallest absolute Gasteiger partial charge is 0.232 e. The molecule has 0 atom stereocenters. The molecule has 0 amide bonds. The van der Waals surface area contributed by atoms with Gasteiger partial charge in [0, 0.05) is 5.02 Å². The van der Waals surface area contributed by atoms with Gasteiger partial charge in [0.1, 0.15) is 12.7 Å². The molecule has 0 saturated carbocycles. The quantitative estimate of drug-likeness (QED) is 0.834. The minimum atomic E-state index is 0.264.